The Balaban J connectivity index is 0.986. The first-order valence-corrected chi connectivity index (χ1v) is 16.5. The molecule has 2 saturated heterocycles. The van der Waals surface area contributed by atoms with Crippen molar-refractivity contribution in [3.8, 4) is 0 Å². The van der Waals surface area contributed by atoms with Crippen LogP contribution in [0.5, 0.6) is 0 Å². The van der Waals surface area contributed by atoms with E-state index in [2.05, 4.69) is 21.7 Å². The molecule has 3 aromatic carbocycles. The van der Waals surface area contributed by atoms with Crippen LogP contribution in [-0.4, -0.2) is 63.0 Å². The van der Waals surface area contributed by atoms with Crippen molar-refractivity contribution >= 4 is 23.3 Å². The zero-order valence-electron chi connectivity index (χ0n) is 26.3. The van der Waals surface area contributed by atoms with E-state index in [1.54, 1.807) is 17.0 Å². The molecule has 7 rings (SSSR count). The van der Waals surface area contributed by atoms with E-state index in [0.717, 1.165) is 55.0 Å². The van der Waals surface area contributed by atoms with E-state index >= 15 is 0 Å². The van der Waals surface area contributed by atoms with Gasteiger partial charge in [0.05, 0.1) is 12.2 Å². The predicted molar refractivity (Wildman–Crippen MR) is 177 cm³/mol. The molecule has 0 saturated carbocycles. The molecular weight excluding hydrogens is 579 g/mol. The molecule has 2 bridgehead atoms. The zero-order chi connectivity index (χ0) is 31.6. The largest absolute Gasteiger partial charge is 0.332 e. The minimum absolute atomic E-state index is 0.0728. The van der Waals surface area contributed by atoms with Gasteiger partial charge in [0.1, 0.15) is 11.6 Å². The van der Waals surface area contributed by atoms with Crippen molar-refractivity contribution in [2.24, 2.45) is 0 Å². The van der Waals surface area contributed by atoms with Crippen LogP contribution in [0.1, 0.15) is 65.7 Å². The predicted octanol–water partition coefficient (Wildman–Crippen LogP) is 6.83. The molecule has 4 heterocycles. The van der Waals surface area contributed by atoms with E-state index in [-0.39, 0.29) is 17.8 Å². The minimum atomic E-state index is -0.332. The highest BCUT2D eigenvalue weighted by Gasteiger charge is 2.42. The molecule has 8 nitrogen and oxygen atoms in total. The molecule has 0 spiro atoms. The van der Waals surface area contributed by atoms with Crippen molar-refractivity contribution < 1.29 is 14.0 Å². The number of hydrogen-bond donors (Lipinski definition) is 1. The Labute approximate surface area is 269 Å². The van der Waals surface area contributed by atoms with Crippen LogP contribution in [-0.2, 0) is 13.0 Å². The Kier molecular flexibility index (Phi) is 8.58. The number of urea groups is 1. The first kappa shape index (κ1) is 30.2. The Morgan fingerprint density at radius 3 is 2.28 bits per heavy atom. The quantitative estimate of drug-likeness (QED) is 0.235. The normalized spacial score (nSPS) is 20.7. The molecule has 46 heavy (non-hydrogen) atoms. The van der Waals surface area contributed by atoms with Gasteiger partial charge in [-0.25, -0.2) is 14.2 Å². The number of rotatable bonds is 8. The van der Waals surface area contributed by atoms with Crippen molar-refractivity contribution in [2.45, 2.75) is 70.1 Å². The summed E-state index contributed by atoms with van der Waals surface area (Å²) in [5.74, 6) is 0.799. The number of anilines is 2. The Bertz CT molecular complexity index is 1660. The van der Waals surface area contributed by atoms with E-state index in [1.807, 2.05) is 65.6 Å². The van der Waals surface area contributed by atoms with E-state index in [9.17, 15) is 14.0 Å². The molecule has 238 valence electrons. The number of carbonyl (C=O) groups is 2. The summed E-state index contributed by atoms with van der Waals surface area (Å²) in [6.45, 7) is 4.92. The van der Waals surface area contributed by atoms with Gasteiger partial charge in [-0.1, -0.05) is 36.4 Å². The standard InChI is InChI=1S/C37H41FN6O2/c1-26-39-34-25-41(36(45)27-9-4-2-5-10-27)22-19-35(34)44(26)33-23-31-17-18-32(24-33)42(31)20-8-21-43(30-11-6-3-7-12-30)37(46)40-29-15-13-28(38)14-16-29/h2-7,9-16,31-33H,8,17-25H2,1H3,(H,40,46)/t31-,32+,33?. The fourth-order valence-electron chi connectivity index (χ4n) is 7.87. The lowest BCUT2D eigenvalue weighted by Crippen LogP contribution is -2.45. The third kappa shape index (κ3) is 6.16. The van der Waals surface area contributed by atoms with E-state index < -0.39 is 0 Å². The fourth-order valence-corrected chi connectivity index (χ4v) is 7.87. The Morgan fingerprint density at radius 1 is 0.913 bits per heavy atom. The third-order valence-corrected chi connectivity index (χ3v) is 9.97. The molecule has 3 atom stereocenters. The second kappa shape index (κ2) is 13.1. The highest BCUT2D eigenvalue weighted by atomic mass is 19.1. The number of amides is 3. The van der Waals surface area contributed by atoms with Gasteiger partial charge < -0.3 is 14.8 Å². The third-order valence-electron chi connectivity index (χ3n) is 9.97. The first-order valence-electron chi connectivity index (χ1n) is 16.5. The summed E-state index contributed by atoms with van der Waals surface area (Å²) in [7, 11) is 0. The maximum Gasteiger partial charge on any atom is 0.326 e. The summed E-state index contributed by atoms with van der Waals surface area (Å²) >= 11 is 0. The molecule has 1 aromatic heterocycles. The molecule has 9 heteroatoms. The average Bonchev–Trinajstić information content (AvgIpc) is 3.53. The number of aryl methyl sites for hydroxylation is 1. The van der Waals surface area contributed by atoms with Crippen LogP contribution in [0.2, 0.25) is 0 Å². The fraction of sp³-hybridized carbons (Fsp3) is 0.378. The van der Waals surface area contributed by atoms with E-state index in [4.69, 9.17) is 4.98 Å². The number of imidazole rings is 1. The highest BCUT2D eigenvalue weighted by molar-refractivity contribution is 6.01. The number of fused-ring (bicyclic) bond motifs is 3. The van der Waals surface area contributed by atoms with Gasteiger partial charge in [0.15, 0.2) is 0 Å². The van der Waals surface area contributed by atoms with Gasteiger partial charge in [-0.3, -0.25) is 14.6 Å². The van der Waals surface area contributed by atoms with Crippen LogP contribution >= 0.6 is 0 Å². The average molecular weight is 621 g/mol. The monoisotopic (exact) mass is 620 g/mol. The van der Waals surface area contributed by atoms with E-state index in [0.29, 0.717) is 43.4 Å². The molecule has 0 radical (unpaired) electrons. The summed E-state index contributed by atoms with van der Waals surface area (Å²) in [5, 5.41) is 2.93. The molecule has 1 N–H and O–H groups in total. The zero-order valence-corrected chi connectivity index (χ0v) is 26.3. The Hall–Kier alpha value is -4.50. The smallest absolute Gasteiger partial charge is 0.326 e. The van der Waals surface area contributed by atoms with Crippen LogP contribution in [0.3, 0.4) is 0 Å². The van der Waals surface area contributed by atoms with Crippen LogP contribution in [0.25, 0.3) is 0 Å². The lowest BCUT2D eigenvalue weighted by molar-refractivity contribution is 0.0728. The number of nitrogens with zero attached hydrogens (tertiary/aromatic N) is 5. The van der Waals surface area contributed by atoms with Gasteiger partial charge in [0.25, 0.3) is 5.91 Å². The van der Waals surface area contributed by atoms with Crippen LogP contribution < -0.4 is 10.2 Å². The Morgan fingerprint density at radius 2 is 1.59 bits per heavy atom. The number of aromatic nitrogens is 2. The van der Waals surface area contributed by atoms with Crippen molar-refractivity contribution in [2.75, 3.05) is 29.9 Å². The molecule has 3 aliphatic rings. The van der Waals surface area contributed by atoms with E-state index in [1.165, 1.54) is 30.7 Å². The lowest BCUT2D eigenvalue weighted by atomic mass is 9.95. The topological polar surface area (TPSA) is 73.7 Å². The number of piperidine rings is 1. The SMILES string of the molecule is Cc1nc2c(n1C1C[C@H]3CC[C@@H](C1)N3CCCN(C(=O)Nc1ccc(F)cc1)c1ccccc1)CCN(C(=O)c1ccccc1)C2. The summed E-state index contributed by atoms with van der Waals surface area (Å²) in [6, 6.07) is 26.3. The van der Waals surface area contributed by atoms with Crippen molar-refractivity contribution in [1.29, 1.82) is 0 Å². The lowest BCUT2D eigenvalue weighted by Gasteiger charge is -2.41. The van der Waals surface area contributed by atoms with Crippen LogP contribution in [0, 0.1) is 12.7 Å². The summed E-state index contributed by atoms with van der Waals surface area (Å²) < 4.78 is 15.9. The highest BCUT2D eigenvalue weighted by Crippen LogP contribution is 2.42. The van der Waals surface area contributed by atoms with Gasteiger partial charge in [0.2, 0.25) is 0 Å². The number of halogens is 1. The summed E-state index contributed by atoms with van der Waals surface area (Å²) in [4.78, 5) is 37.8. The molecule has 1 unspecified atom stereocenters. The van der Waals surface area contributed by atoms with Crippen LogP contribution in [0.15, 0.2) is 84.9 Å². The van der Waals surface area contributed by atoms with Crippen molar-refractivity contribution in [1.82, 2.24) is 19.4 Å². The summed E-state index contributed by atoms with van der Waals surface area (Å²) in [5.41, 5.74) is 4.49. The number of para-hydroxylation sites is 1. The molecule has 0 aliphatic carbocycles. The minimum Gasteiger partial charge on any atom is -0.332 e. The second-order valence-electron chi connectivity index (χ2n) is 12.8. The second-order valence-corrected chi connectivity index (χ2v) is 12.8. The van der Waals surface area contributed by atoms with Gasteiger partial charge in [-0.05, 0) is 87.6 Å². The number of nitrogens with one attached hydrogen (secondary N) is 1. The molecular formula is C37H41FN6O2. The maximum atomic E-state index is 13.4. The summed E-state index contributed by atoms with van der Waals surface area (Å²) in [6.07, 6.45) is 6.28. The molecule has 3 amide bonds. The number of carbonyl (C=O) groups excluding carboxylic acids is 2. The van der Waals surface area contributed by atoms with Gasteiger partial charge in [-0.2, -0.15) is 0 Å². The van der Waals surface area contributed by atoms with Gasteiger partial charge in [0, 0.05) is 66.8 Å². The van der Waals surface area contributed by atoms with Crippen LogP contribution in [0.4, 0.5) is 20.6 Å². The van der Waals surface area contributed by atoms with Crippen molar-refractivity contribution in [3.05, 3.63) is 114 Å². The van der Waals surface area contributed by atoms with Crippen molar-refractivity contribution in [3.63, 3.8) is 0 Å². The first-order chi connectivity index (χ1) is 22.4. The molecule has 2 fully saturated rings. The number of hydrogen-bond acceptors (Lipinski definition) is 4. The maximum absolute atomic E-state index is 13.4. The van der Waals surface area contributed by atoms with Gasteiger partial charge >= 0.3 is 6.03 Å². The molecule has 4 aromatic rings. The van der Waals surface area contributed by atoms with Gasteiger partial charge in [-0.15, -0.1) is 0 Å². The molecule has 3 aliphatic heterocycles. The number of benzene rings is 3.